The lowest BCUT2D eigenvalue weighted by molar-refractivity contribution is -0.140. The third-order valence-corrected chi connectivity index (χ3v) is 5.78. The van der Waals surface area contributed by atoms with E-state index in [4.69, 9.17) is 4.74 Å². The fraction of sp³-hybridized carbons (Fsp3) is 0.136. The van der Waals surface area contributed by atoms with Crippen molar-refractivity contribution in [3.05, 3.63) is 83.7 Å². The lowest BCUT2D eigenvalue weighted by atomic mass is 10.2. The minimum atomic E-state index is -4.91. The van der Waals surface area contributed by atoms with Gasteiger partial charge in [-0.3, -0.25) is 9.52 Å². The van der Waals surface area contributed by atoms with Crippen LogP contribution in [0.5, 0.6) is 5.75 Å². The average molecular weight is 482 g/mol. The number of anilines is 2. The molecule has 11 heteroatoms. The monoisotopic (exact) mass is 482 g/mol. The molecule has 6 nitrogen and oxygen atoms in total. The van der Waals surface area contributed by atoms with Crippen molar-refractivity contribution < 1.29 is 35.5 Å². The lowest BCUT2D eigenvalue weighted by Crippen LogP contribution is -2.21. The molecule has 0 saturated carbocycles. The fourth-order valence-corrected chi connectivity index (χ4v) is 3.98. The van der Waals surface area contributed by atoms with Gasteiger partial charge in [-0.25, -0.2) is 12.8 Å². The van der Waals surface area contributed by atoms with E-state index in [1.54, 1.807) is 37.3 Å². The fourth-order valence-electron chi connectivity index (χ4n) is 2.83. The van der Waals surface area contributed by atoms with Crippen molar-refractivity contribution in [1.29, 1.82) is 0 Å². The van der Waals surface area contributed by atoms with Gasteiger partial charge in [0.05, 0.1) is 10.5 Å². The number of sulfonamides is 1. The van der Waals surface area contributed by atoms with Crippen molar-refractivity contribution >= 4 is 27.3 Å². The number of aryl methyl sites for hydroxylation is 1. The Morgan fingerprint density at radius 2 is 1.67 bits per heavy atom. The second kappa shape index (κ2) is 9.49. The highest BCUT2D eigenvalue weighted by molar-refractivity contribution is 7.92. The van der Waals surface area contributed by atoms with Crippen molar-refractivity contribution in [2.75, 3.05) is 16.6 Å². The highest BCUT2D eigenvalue weighted by Crippen LogP contribution is 2.33. The van der Waals surface area contributed by atoms with Gasteiger partial charge in [0.25, 0.3) is 15.9 Å². The van der Waals surface area contributed by atoms with Crippen molar-refractivity contribution in [3.63, 3.8) is 0 Å². The van der Waals surface area contributed by atoms with Crippen LogP contribution in [0, 0.1) is 12.7 Å². The van der Waals surface area contributed by atoms with Crippen LogP contribution in [0.25, 0.3) is 0 Å². The number of carbonyl (C=O) groups is 1. The minimum absolute atomic E-state index is 0.0216. The smallest absolute Gasteiger partial charge is 0.419 e. The average Bonchev–Trinajstić information content (AvgIpc) is 2.74. The zero-order chi connectivity index (χ0) is 24.2. The van der Waals surface area contributed by atoms with E-state index in [1.807, 2.05) is 0 Å². The Morgan fingerprint density at radius 1 is 0.970 bits per heavy atom. The van der Waals surface area contributed by atoms with Crippen LogP contribution in [0.4, 0.5) is 28.9 Å². The Morgan fingerprint density at radius 3 is 2.30 bits per heavy atom. The third-order valence-electron chi connectivity index (χ3n) is 4.40. The number of benzene rings is 3. The Bertz CT molecular complexity index is 1260. The standard InChI is InChI=1S/C22H18F4N2O4S/c1-14-11-17(33(30,31)28-15-5-3-2-4-6-15)8-10-20(14)32-13-21(29)27-16-7-9-19(23)18(12-16)22(24,25)26/h2-12,28H,13H2,1H3,(H,27,29). The van der Waals surface area contributed by atoms with Crippen molar-refractivity contribution in [1.82, 2.24) is 0 Å². The summed E-state index contributed by atoms with van der Waals surface area (Å²) in [5.74, 6) is -2.03. The third kappa shape index (κ3) is 6.22. The molecule has 0 unspecified atom stereocenters. The second-order valence-corrected chi connectivity index (χ2v) is 8.61. The van der Waals surface area contributed by atoms with E-state index in [1.165, 1.54) is 18.2 Å². The molecule has 1 amide bonds. The van der Waals surface area contributed by atoms with Gasteiger partial charge in [-0.05, 0) is 61.0 Å². The van der Waals surface area contributed by atoms with Gasteiger partial charge in [-0.1, -0.05) is 18.2 Å². The summed E-state index contributed by atoms with van der Waals surface area (Å²) in [6, 6.07) is 14.4. The molecule has 0 atom stereocenters. The maximum atomic E-state index is 13.4. The van der Waals surface area contributed by atoms with Crippen LogP contribution in [0.1, 0.15) is 11.1 Å². The zero-order valence-electron chi connectivity index (χ0n) is 17.1. The Hall–Kier alpha value is -3.60. The predicted octanol–water partition coefficient (Wildman–Crippen LogP) is 4.97. The normalized spacial score (nSPS) is 11.7. The number of amides is 1. The number of para-hydroxylation sites is 1. The second-order valence-electron chi connectivity index (χ2n) is 6.93. The van der Waals surface area contributed by atoms with Crippen molar-refractivity contribution in [2.45, 2.75) is 18.0 Å². The summed E-state index contributed by atoms with van der Waals surface area (Å²) in [5.41, 5.74) is -0.943. The van der Waals surface area contributed by atoms with Crippen LogP contribution in [-0.4, -0.2) is 20.9 Å². The van der Waals surface area contributed by atoms with Gasteiger partial charge in [0, 0.05) is 11.4 Å². The molecule has 0 aromatic heterocycles. The first kappa shape index (κ1) is 24.1. The first-order chi connectivity index (χ1) is 15.5. The SMILES string of the molecule is Cc1cc(S(=O)(=O)Nc2ccccc2)ccc1OCC(=O)Nc1ccc(F)c(C(F)(F)F)c1. The molecule has 0 saturated heterocycles. The Labute approximate surface area is 187 Å². The maximum absolute atomic E-state index is 13.4. The number of halogens is 4. The highest BCUT2D eigenvalue weighted by atomic mass is 32.2. The number of rotatable bonds is 7. The molecule has 0 heterocycles. The van der Waals surface area contributed by atoms with Gasteiger partial charge in [-0.2, -0.15) is 13.2 Å². The van der Waals surface area contributed by atoms with E-state index in [-0.39, 0.29) is 16.3 Å². The Balaban J connectivity index is 1.65. The quantitative estimate of drug-likeness (QED) is 0.466. The van der Waals surface area contributed by atoms with E-state index in [9.17, 15) is 30.8 Å². The largest absolute Gasteiger partial charge is 0.483 e. The van der Waals surface area contributed by atoms with Crippen molar-refractivity contribution in [3.8, 4) is 5.75 Å². The van der Waals surface area contributed by atoms with Crippen LogP contribution in [0.15, 0.2) is 71.6 Å². The number of ether oxygens (including phenoxy) is 1. The number of carbonyl (C=O) groups excluding carboxylic acids is 1. The van der Waals surface area contributed by atoms with Crippen LogP contribution in [-0.2, 0) is 21.0 Å². The number of alkyl halides is 3. The molecule has 0 bridgehead atoms. The summed E-state index contributed by atoms with van der Waals surface area (Å²) in [7, 11) is -3.85. The molecule has 3 aromatic rings. The Kier molecular flexibility index (Phi) is 6.92. The highest BCUT2D eigenvalue weighted by Gasteiger charge is 2.34. The van der Waals surface area contributed by atoms with E-state index < -0.39 is 40.1 Å². The predicted molar refractivity (Wildman–Crippen MR) is 114 cm³/mol. The van der Waals surface area contributed by atoms with Gasteiger partial charge < -0.3 is 10.1 Å². The van der Waals surface area contributed by atoms with Crippen LogP contribution in [0.2, 0.25) is 0 Å². The summed E-state index contributed by atoms with van der Waals surface area (Å²) in [5, 5.41) is 2.20. The first-order valence-electron chi connectivity index (χ1n) is 9.43. The zero-order valence-corrected chi connectivity index (χ0v) is 17.9. The minimum Gasteiger partial charge on any atom is -0.483 e. The summed E-state index contributed by atoms with van der Waals surface area (Å²) in [6.07, 6.45) is -4.91. The van der Waals surface area contributed by atoms with E-state index >= 15 is 0 Å². The molecule has 3 aromatic carbocycles. The molecule has 0 radical (unpaired) electrons. The maximum Gasteiger partial charge on any atom is 0.419 e. The number of hydrogen-bond acceptors (Lipinski definition) is 4. The van der Waals surface area contributed by atoms with Crippen LogP contribution >= 0.6 is 0 Å². The molecule has 33 heavy (non-hydrogen) atoms. The van der Waals surface area contributed by atoms with Crippen LogP contribution < -0.4 is 14.8 Å². The number of nitrogens with one attached hydrogen (secondary N) is 2. The van der Waals surface area contributed by atoms with Crippen molar-refractivity contribution in [2.24, 2.45) is 0 Å². The molecule has 0 spiro atoms. The molecule has 3 rings (SSSR count). The summed E-state index contributed by atoms with van der Waals surface area (Å²) >= 11 is 0. The summed E-state index contributed by atoms with van der Waals surface area (Å²) < 4.78 is 84.6. The summed E-state index contributed by atoms with van der Waals surface area (Å²) in [6.45, 7) is 1.01. The van der Waals surface area contributed by atoms with Gasteiger partial charge >= 0.3 is 6.18 Å². The van der Waals surface area contributed by atoms with E-state index in [0.29, 0.717) is 23.4 Å². The molecule has 2 N–H and O–H groups in total. The van der Waals surface area contributed by atoms with Gasteiger partial charge in [0.15, 0.2) is 6.61 Å². The molecular formula is C22H18F4N2O4S. The van der Waals surface area contributed by atoms with E-state index in [2.05, 4.69) is 10.0 Å². The lowest BCUT2D eigenvalue weighted by Gasteiger charge is -2.13. The molecule has 0 aliphatic carbocycles. The van der Waals surface area contributed by atoms with Gasteiger partial charge in [-0.15, -0.1) is 0 Å². The first-order valence-corrected chi connectivity index (χ1v) is 10.9. The molecule has 0 fully saturated rings. The number of hydrogen-bond donors (Lipinski definition) is 2. The molecule has 0 aliphatic rings. The van der Waals surface area contributed by atoms with Crippen LogP contribution in [0.3, 0.4) is 0 Å². The van der Waals surface area contributed by atoms with Gasteiger partial charge in [0.1, 0.15) is 11.6 Å². The molecular weight excluding hydrogens is 464 g/mol. The summed E-state index contributed by atoms with van der Waals surface area (Å²) in [4.78, 5) is 12.0. The topological polar surface area (TPSA) is 84.5 Å². The molecule has 174 valence electrons. The molecule has 0 aliphatic heterocycles. The van der Waals surface area contributed by atoms with Gasteiger partial charge in [0.2, 0.25) is 0 Å². The van der Waals surface area contributed by atoms with E-state index in [0.717, 1.165) is 6.07 Å².